The standard InChI is InChI=1S/C14H20N2O2.ClH/c1-18-10-12-6-3-2-5-11(12)9-16-14(17)13-7-4-8-15-13;/h2-3,5-6,13,15H,4,7-10H2,1H3,(H,16,17);1H/t13-;/m0./s1. The maximum atomic E-state index is 11.9. The van der Waals surface area contributed by atoms with Crippen molar-refractivity contribution in [2.75, 3.05) is 13.7 Å². The zero-order valence-corrected chi connectivity index (χ0v) is 12.0. The van der Waals surface area contributed by atoms with Gasteiger partial charge < -0.3 is 15.4 Å². The maximum Gasteiger partial charge on any atom is 0.237 e. The Hall–Kier alpha value is -1.10. The highest BCUT2D eigenvalue weighted by atomic mass is 35.5. The van der Waals surface area contributed by atoms with E-state index in [1.165, 1.54) is 0 Å². The van der Waals surface area contributed by atoms with E-state index in [0.717, 1.165) is 30.5 Å². The highest BCUT2D eigenvalue weighted by Crippen LogP contribution is 2.10. The van der Waals surface area contributed by atoms with Gasteiger partial charge in [0.25, 0.3) is 0 Å². The van der Waals surface area contributed by atoms with Crippen LogP contribution in [0.1, 0.15) is 24.0 Å². The first kappa shape index (κ1) is 16.0. The minimum atomic E-state index is -0.0143. The number of amides is 1. The Balaban J connectivity index is 0.00000180. The Kier molecular flexibility index (Phi) is 6.84. The van der Waals surface area contributed by atoms with Crippen molar-refractivity contribution >= 4 is 18.3 Å². The van der Waals surface area contributed by atoms with E-state index in [9.17, 15) is 4.79 Å². The molecule has 2 rings (SSSR count). The highest BCUT2D eigenvalue weighted by molar-refractivity contribution is 5.85. The number of hydrogen-bond acceptors (Lipinski definition) is 3. The van der Waals surface area contributed by atoms with Crippen LogP contribution in [0.2, 0.25) is 0 Å². The van der Waals surface area contributed by atoms with Crippen molar-refractivity contribution in [2.45, 2.75) is 32.0 Å². The number of nitrogens with one attached hydrogen (secondary N) is 2. The molecule has 1 fully saturated rings. The monoisotopic (exact) mass is 284 g/mol. The van der Waals surface area contributed by atoms with Gasteiger partial charge in [0.05, 0.1) is 12.6 Å². The molecule has 1 saturated heterocycles. The van der Waals surface area contributed by atoms with E-state index in [0.29, 0.717) is 13.2 Å². The van der Waals surface area contributed by atoms with Gasteiger partial charge in [-0.1, -0.05) is 24.3 Å². The molecular formula is C14H21ClN2O2. The summed E-state index contributed by atoms with van der Waals surface area (Å²) < 4.78 is 5.15. The molecule has 0 radical (unpaired) electrons. The van der Waals surface area contributed by atoms with E-state index >= 15 is 0 Å². The predicted molar refractivity (Wildman–Crippen MR) is 77.3 cm³/mol. The number of methoxy groups -OCH3 is 1. The number of halogens is 1. The van der Waals surface area contributed by atoms with Crippen LogP contribution in [0, 0.1) is 0 Å². The van der Waals surface area contributed by atoms with Crippen molar-refractivity contribution in [3.05, 3.63) is 35.4 Å². The summed E-state index contributed by atoms with van der Waals surface area (Å²) in [6, 6.07) is 8.00. The largest absolute Gasteiger partial charge is 0.380 e. The Morgan fingerprint density at radius 2 is 2.16 bits per heavy atom. The lowest BCUT2D eigenvalue weighted by molar-refractivity contribution is -0.122. The molecule has 4 nitrogen and oxygen atoms in total. The Morgan fingerprint density at radius 1 is 1.42 bits per heavy atom. The summed E-state index contributed by atoms with van der Waals surface area (Å²) in [6.07, 6.45) is 2.02. The first-order chi connectivity index (χ1) is 8.81. The lowest BCUT2D eigenvalue weighted by Crippen LogP contribution is -2.40. The van der Waals surface area contributed by atoms with Gasteiger partial charge >= 0.3 is 0 Å². The van der Waals surface area contributed by atoms with E-state index in [1.54, 1.807) is 7.11 Å². The number of carbonyl (C=O) groups excluding carboxylic acids is 1. The van der Waals surface area contributed by atoms with Crippen LogP contribution in [0.5, 0.6) is 0 Å². The molecule has 5 heteroatoms. The van der Waals surface area contributed by atoms with Crippen molar-refractivity contribution in [3.8, 4) is 0 Å². The van der Waals surface area contributed by atoms with Gasteiger partial charge in [-0.15, -0.1) is 12.4 Å². The van der Waals surface area contributed by atoms with Crippen LogP contribution in [0.25, 0.3) is 0 Å². The van der Waals surface area contributed by atoms with Crippen LogP contribution in [-0.4, -0.2) is 25.6 Å². The summed E-state index contributed by atoms with van der Waals surface area (Å²) in [7, 11) is 1.68. The van der Waals surface area contributed by atoms with Crippen molar-refractivity contribution in [3.63, 3.8) is 0 Å². The number of ether oxygens (including phenoxy) is 1. The van der Waals surface area contributed by atoms with E-state index in [4.69, 9.17) is 4.74 Å². The second kappa shape index (κ2) is 8.15. The first-order valence-electron chi connectivity index (χ1n) is 6.38. The summed E-state index contributed by atoms with van der Waals surface area (Å²) >= 11 is 0. The fraction of sp³-hybridized carbons (Fsp3) is 0.500. The molecule has 2 N–H and O–H groups in total. The molecule has 0 aliphatic carbocycles. The summed E-state index contributed by atoms with van der Waals surface area (Å²) in [5.41, 5.74) is 2.24. The maximum absolute atomic E-state index is 11.9. The molecule has 1 heterocycles. The molecule has 0 bridgehead atoms. The average molecular weight is 285 g/mol. The molecule has 1 aliphatic rings. The quantitative estimate of drug-likeness (QED) is 0.864. The minimum Gasteiger partial charge on any atom is -0.380 e. The van der Waals surface area contributed by atoms with Crippen LogP contribution in [0.15, 0.2) is 24.3 Å². The fourth-order valence-corrected chi connectivity index (χ4v) is 2.24. The summed E-state index contributed by atoms with van der Waals surface area (Å²) in [5.74, 6) is 0.0970. The van der Waals surface area contributed by atoms with Crippen molar-refractivity contribution < 1.29 is 9.53 Å². The molecule has 106 valence electrons. The summed E-state index contributed by atoms with van der Waals surface area (Å²) in [6.45, 7) is 2.09. The van der Waals surface area contributed by atoms with Gasteiger partial charge in [0.2, 0.25) is 5.91 Å². The second-order valence-electron chi connectivity index (χ2n) is 4.57. The Labute approximate surface area is 120 Å². The number of benzene rings is 1. The third-order valence-corrected chi connectivity index (χ3v) is 3.25. The van der Waals surface area contributed by atoms with E-state index in [2.05, 4.69) is 10.6 Å². The molecule has 1 aromatic rings. The van der Waals surface area contributed by atoms with Crippen LogP contribution in [0.3, 0.4) is 0 Å². The molecule has 1 aliphatic heterocycles. The van der Waals surface area contributed by atoms with E-state index in [1.807, 2.05) is 24.3 Å². The van der Waals surface area contributed by atoms with E-state index in [-0.39, 0.29) is 24.4 Å². The zero-order chi connectivity index (χ0) is 12.8. The van der Waals surface area contributed by atoms with Crippen LogP contribution in [-0.2, 0) is 22.7 Å². The van der Waals surface area contributed by atoms with Crippen molar-refractivity contribution in [1.82, 2.24) is 10.6 Å². The lowest BCUT2D eigenvalue weighted by atomic mass is 10.1. The second-order valence-corrected chi connectivity index (χ2v) is 4.57. The third-order valence-electron chi connectivity index (χ3n) is 3.25. The third kappa shape index (κ3) is 4.49. The SMILES string of the molecule is COCc1ccccc1CNC(=O)[C@@H]1CCCN1.Cl. The number of carbonyl (C=O) groups is 1. The van der Waals surface area contributed by atoms with Crippen LogP contribution >= 0.6 is 12.4 Å². The van der Waals surface area contributed by atoms with Gasteiger partial charge in [0.15, 0.2) is 0 Å². The van der Waals surface area contributed by atoms with Gasteiger partial charge in [0, 0.05) is 13.7 Å². The molecule has 19 heavy (non-hydrogen) atoms. The highest BCUT2D eigenvalue weighted by Gasteiger charge is 2.21. The summed E-state index contributed by atoms with van der Waals surface area (Å²) in [4.78, 5) is 11.9. The molecule has 0 aromatic heterocycles. The summed E-state index contributed by atoms with van der Waals surface area (Å²) in [5, 5.41) is 6.18. The molecule has 1 aromatic carbocycles. The van der Waals surface area contributed by atoms with Gasteiger partial charge in [-0.25, -0.2) is 0 Å². The van der Waals surface area contributed by atoms with Crippen molar-refractivity contribution in [2.24, 2.45) is 0 Å². The fourth-order valence-electron chi connectivity index (χ4n) is 2.24. The first-order valence-corrected chi connectivity index (χ1v) is 6.38. The predicted octanol–water partition coefficient (Wildman–Crippen LogP) is 1.62. The smallest absolute Gasteiger partial charge is 0.237 e. The Morgan fingerprint density at radius 3 is 2.79 bits per heavy atom. The minimum absolute atomic E-state index is 0. The van der Waals surface area contributed by atoms with Crippen LogP contribution in [0.4, 0.5) is 0 Å². The molecule has 1 atom stereocenters. The van der Waals surface area contributed by atoms with E-state index < -0.39 is 0 Å². The van der Waals surface area contributed by atoms with Gasteiger partial charge in [-0.05, 0) is 30.5 Å². The van der Waals surface area contributed by atoms with Gasteiger partial charge in [-0.3, -0.25) is 4.79 Å². The van der Waals surface area contributed by atoms with Gasteiger partial charge in [-0.2, -0.15) is 0 Å². The molecule has 0 spiro atoms. The van der Waals surface area contributed by atoms with Crippen molar-refractivity contribution in [1.29, 1.82) is 0 Å². The van der Waals surface area contributed by atoms with Gasteiger partial charge in [0.1, 0.15) is 0 Å². The number of hydrogen-bond donors (Lipinski definition) is 2. The number of rotatable bonds is 5. The average Bonchev–Trinajstić information content (AvgIpc) is 2.92. The lowest BCUT2D eigenvalue weighted by Gasteiger charge is -2.13. The molecular weight excluding hydrogens is 264 g/mol. The topological polar surface area (TPSA) is 50.4 Å². The normalized spacial score (nSPS) is 17.8. The van der Waals surface area contributed by atoms with Crippen LogP contribution < -0.4 is 10.6 Å². The zero-order valence-electron chi connectivity index (χ0n) is 11.1. The Bertz CT molecular complexity index is 406. The molecule has 1 amide bonds. The molecule has 0 saturated carbocycles. The molecule has 0 unspecified atom stereocenters.